The maximum Gasteiger partial charge on any atom is 0.248 e. The summed E-state index contributed by atoms with van der Waals surface area (Å²) in [6, 6.07) is 11.7. The van der Waals surface area contributed by atoms with E-state index in [9.17, 15) is 9.59 Å². The van der Waals surface area contributed by atoms with E-state index in [1.54, 1.807) is 55.7 Å². The molecule has 0 saturated heterocycles. The number of primary amides is 1. The van der Waals surface area contributed by atoms with Gasteiger partial charge in [-0.15, -0.1) is 0 Å². The van der Waals surface area contributed by atoms with Gasteiger partial charge in [-0.05, 0) is 35.9 Å². The van der Waals surface area contributed by atoms with Crippen LogP contribution in [0.2, 0.25) is 0 Å². The third-order valence-corrected chi connectivity index (χ3v) is 3.30. The molecule has 1 amide bonds. The molecule has 2 aromatic rings. The zero-order valence-corrected chi connectivity index (χ0v) is 12.9. The Morgan fingerprint density at radius 3 is 2.26 bits per heavy atom. The lowest BCUT2D eigenvalue weighted by Crippen LogP contribution is -2.10. The van der Waals surface area contributed by atoms with Gasteiger partial charge in [0.1, 0.15) is 11.5 Å². The SMILES string of the molecule is COc1ccc(C(=O)/C=C/c2ccc(C(N)=O)cc2)c(OC)c1. The molecule has 5 nitrogen and oxygen atoms in total. The number of carbonyl (C=O) groups is 2. The molecule has 0 aromatic heterocycles. The van der Waals surface area contributed by atoms with Crippen LogP contribution in [0.3, 0.4) is 0 Å². The molecule has 2 aromatic carbocycles. The number of benzene rings is 2. The smallest absolute Gasteiger partial charge is 0.248 e. The standard InChI is InChI=1S/C18H17NO4/c1-22-14-8-9-15(17(11-14)23-2)16(20)10-5-12-3-6-13(7-4-12)18(19)21/h3-11H,1-2H3,(H2,19,21)/b10-5+. The average Bonchev–Trinajstić information content (AvgIpc) is 2.59. The van der Waals surface area contributed by atoms with Gasteiger partial charge in [0.15, 0.2) is 5.78 Å². The van der Waals surface area contributed by atoms with Crippen molar-refractivity contribution in [3.63, 3.8) is 0 Å². The minimum absolute atomic E-state index is 0.191. The van der Waals surface area contributed by atoms with Crippen molar-refractivity contribution in [3.05, 3.63) is 65.2 Å². The van der Waals surface area contributed by atoms with Crippen LogP contribution in [0.4, 0.5) is 0 Å². The number of amides is 1. The van der Waals surface area contributed by atoms with Gasteiger partial charge in [0.25, 0.3) is 0 Å². The highest BCUT2D eigenvalue weighted by Gasteiger charge is 2.10. The molecule has 0 saturated carbocycles. The molecule has 0 heterocycles. The van der Waals surface area contributed by atoms with Crippen molar-refractivity contribution < 1.29 is 19.1 Å². The fourth-order valence-electron chi connectivity index (χ4n) is 2.02. The van der Waals surface area contributed by atoms with Crippen LogP contribution in [0.25, 0.3) is 6.08 Å². The zero-order valence-electron chi connectivity index (χ0n) is 12.9. The van der Waals surface area contributed by atoms with Gasteiger partial charge in [-0.3, -0.25) is 9.59 Å². The molecule has 0 bridgehead atoms. The third-order valence-electron chi connectivity index (χ3n) is 3.30. The molecule has 0 aliphatic rings. The molecule has 2 N–H and O–H groups in total. The number of allylic oxidation sites excluding steroid dienone is 1. The van der Waals surface area contributed by atoms with Crippen LogP contribution in [0.1, 0.15) is 26.3 Å². The molecule has 0 radical (unpaired) electrons. The minimum Gasteiger partial charge on any atom is -0.497 e. The number of hydrogen-bond acceptors (Lipinski definition) is 4. The maximum absolute atomic E-state index is 12.3. The first-order valence-corrected chi connectivity index (χ1v) is 6.89. The summed E-state index contributed by atoms with van der Waals surface area (Å²) in [5.41, 5.74) is 6.83. The maximum atomic E-state index is 12.3. The number of carbonyl (C=O) groups excluding carboxylic acids is 2. The molecule has 2 rings (SSSR count). The number of nitrogens with two attached hydrogens (primary N) is 1. The number of methoxy groups -OCH3 is 2. The van der Waals surface area contributed by atoms with E-state index >= 15 is 0 Å². The van der Waals surface area contributed by atoms with Crippen LogP contribution in [0.15, 0.2) is 48.5 Å². The lowest BCUT2D eigenvalue weighted by atomic mass is 10.1. The lowest BCUT2D eigenvalue weighted by molar-refractivity contribution is 0.0998. The topological polar surface area (TPSA) is 78.6 Å². The van der Waals surface area contributed by atoms with Crippen molar-refractivity contribution in [1.29, 1.82) is 0 Å². The summed E-state index contributed by atoms with van der Waals surface area (Å²) in [7, 11) is 3.05. The zero-order chi connectivity index (χ0) is 16.8. The van der Waals surface area contributed by atoms with Crippen LogP contribution in [-0.2, 0) is 0 Å². The Hall–Kier alpha value is -3.08. The summed E-state index contributed by atoms with van der Waals surface area (Å²) in [6.07, 6.45) is 3.11. The predicted molar refractivity (Wildman–Crippen MR) is 87.9 cm³/mol. The van der Waals surface area contributed by atoms with E-state index in [2.05, 4.69) is 0 Å². The molecular formula is C18H17NO4. The van der Waals surface area contributed by atoms with Crippen LogP contribution in [0.5, 0.6) is 11.5 Å². The fraction of sp³-hybridized carbons (Fsp3) is 0.111. The molecule has 0 spiro atoms. The molecule has 5 heteroatoms. The van der Waals surface area contributed by atoms with Gasteiger partial charge < -0.3 is 15.2 Å². The number of ketones is 1. The van der Waals surface area contributed by atoms with Crippen molar-refractivity contribution in [2.24, 2.45) is 5.73 Å². The summed E-state index contributed by atoms with van der Waals surface area (Å²) in [5, 5.41) is 0. The number of hydrogen-bond donors (Lipinski definition) is 1. The Balaban J connectivity index is 2.19. The van der Waals surface area contributed by atoms with Gasteiger partial charge in [-0.25, -0.2) is 0 Å². The molecule has 23 heavy (non-hydrogen) atoms. The predicted octanol–water partition coefficient (Wildman–Crippen LogP) is 2.70. The molecule has 0 unspecified atom stereocenters. The Morgan fingerprint density at radius 1 is 1.00 bits per heavy atom. The lowest BCUT2D eigenvalue weighted by Gasteiger charge is -2.07. The normalized spacial score (nSPS) is 10.5. The summed E-state index contributed by atoms with van der Waals surface area (Å²) in [6.45, 7) is 0. The number of ether oxygens (including phenoxy) is 2. The Labute approximate surface area is 134 Å². The van der Waals surface area contributed by atoms with Gasteiger partial charge in [0.05, 0.1) is 19.8 Å². The van der Waals surface area contributed by atoms with Gasteiger partial charge in [0, 0.05) is 11.6 Å². The van der Waals surface area contributed by atoms with E-state index in [0.29, 0.717) is 22.6 Å². The second kappa shape index (κ2) is 7.26. The molecule has 0 aliphatic heterocycles. The minimum atomic E-state index is -0.487. The van der Waals surface area contributed by atoms with Crippen molar-refractivity contribution in [1.82, 2.24) is 0 Å². The van der Waals surface area contributed by atoms with Crippen LogP contribution < -0.4 is 15.2 Å². The number of rotatable bonds is 6. The summed E-state index contributed by atoms with van der Waals surface area (Å²) < 4.78 is 10.3. The summed E-state index contributed by atoms with van der Waals surface area (Å²) in [4.78, 5) is 23.3. The average molecular weight is 311 g/mol. The molecule has 118 valence electrons. The van der Waals surface area contributed by atoms with E-state index in [1.807, 2.05) is 0 Å². The second-order valence-electron chi connectivity index (χ2n) is 4.75. The highest BCUT2D eigenvalue weighted by molar-refractivity contribution is 6.08. The first kappa shape index (κ1) is 16.3. The highest BCUT2D eigenvalue weighted by atomic mass is 16.5. The molecule has 0 fully saturated rings. The quantitative estimate of drug-likeness (QED) is 0.657. The van der Waals surface area contributed by atoms with E-state index in [-0.39, 0.29) is 5.78 Å². The van der Waals surface area contributed by atoms with Crippen molar-refractivity contribution in [2.75, 3.05) is 14.2 Å². The molecular weight excluding hydrogens is 294 g/mol. The fourth-order valence-corrected chi connectivity index (χ4v) is 2.02. The van der Waals surface area contributed by atoms with E-state index in [4.69, 9.17) is 15.2 Å². The van der Waals surface area contributed by atoms with Crippen LogP contribution >= 0.6 is 0 Å². The molecule has 0 atom stereocenters. The Morgan fingerprint density at radius 2 is 1.70 bits per heavy atom. The Kier molecular flexibility index (Phi) is 5.15. The van der Waals surface area contributed by atoms with Gasteiger partial charge in [-0.2, -0.15) is 0 Å². The van der Waals surface area contributed by atoms with E-state index in [0.717, 1.165) is 5.56 Å². The van der Waals surface area contributed by atoms with Crippen molar-refractivity contribution >= 4 is 17.8 Å². The van der Waals surface area contributed by atoms with Gasteiger partial charge in [-0.1, -0.05) is 18.2 Å². The van der Waals surface area contributed by atoms with Crippen LogP contribution in [-0.4, -0.2) is 25.9 Å². The van der Waals surface area contributed by atoms with E-state index in [1.165, 1.54) is 13.2 Å². The van der Waals surface area contributed by atoms with Crippen molar-refractivity contribution in [2.45, 2.75) is 0 Å². The molecule has 0 aliphatic carbocycles. The summed E-state index contributed by atoms with van der Waals surface area (Å²) >= 11 is 0. The highest BCUT2D eigenvalue weighted by Crippen LogP contribution is 2.25. The van der Waals surface area contributed by atoms with Gasteiger partial charge >= 0.3 is 0 Å². The van der Waals surface area contributed by atoms with E-state index < -0.39 is 5.91 Å². The summed E-state index contributed by atoms with van der Waals surface area (Å²) in [5.74, 6) is 0.385. The largest absolute Gasteiger partial charge is 0.497 e. The third kappa shape index (κ3) is 3.97. The first-order valence-electron chi connectivity index (χ1n) is 6.89. The Bertz CT molecular complexity index is 748. The van der Waals surface area contributed by atoms with Crippen LogP contribution in [0, 0.1) is 0 Å². The first-order chi connectivity index (χ1) is 11.0. The van der Waals surface area contributed by atoms with Crippen molar-refractivity contribution in [3.8, 4) is 11.5 Å². The second-order valence-corrected chi connectivity index (χ2v) is 4.75. The van der Waals surface area contributed by atoms with Gasteiger partial charge in [0.2, 0.25) is 5.91 Å². The monoisotopic (exact) mass is 311 g/mol.